The number of nitrogens with one attached hydrogen (secondary N) is 1. The third-order valence-corrected chi connectivity index (χ3v) is 5.27. The van der Waals surface area contributed by atoms with Crippen molar-refractivity contribution < 1.29 is 14.0 Å². The Labute approximate surface area is 142 Å². The number of carbonyl (C=O) groups is 2. The second kappa shape index (κ2) is 5.98. The highest BCUT2D eigenvalue weighted by Gasteiger charge is 2.31. The first-order valence-electron chi connectivity index (χ1n) is 7.94. The topological polar surface area (TPSA) is 62.3 Å². The molecule has 4 rings (SSSR count). The fraction of sp³-hybridized carbons (Fsp3) is 0.353. The minimum absolute atomic E-state index is 0.0359. The normalized spacial score (nSPS) is 16.6. The molecule has 1 N–H and O–H groups in total. The molecule has 2 aromatic rings. The van der Waals surface area contributed by atoms with E-state index in [4.69, 9.17) is 0 Å². The summed E-state index contributed by atoms with van der Waals surface area (Å²) in [5.41, 5.74) is 1.29. The lowest BCUT2D eigenvalue weighted by atomic mass is 10.1. The highest BCUT2D eigenvalue weighted by molar-refractivity contribution is 7.15. The van der Waals surface area contributed by atoms with Crippen molar-refractivity contribution in [1.82, 2.24) is 9.88 Å². The maximum atomic E-state index is 13.3. The van der Waals surface area contributed by atoms with Gasteiger partial charge in [0, 0.05) is 29.3 Å². The smallest absolute Gasteiger partial charge is 0.254 e. The molecule has 24 heavy (non-hydrogen) atoms. The number of amides is 2. The van der Waals surface area contributed by atoms with Gasteiger partial charge < -0.3 is 10.2 Å². The van der Waals surface area contributed by atoms with E-state index in [0.29, 0.717) is 30.2 Å². The average Bonchev–Trinajstić information content (AvgIpc) is 3.34. The highest BCUT2D eigenvalue weighted by atomic mass is 32.1. The highest BCUT2D eigenvalue weighted by Crippen LogP contribution is 2.33. The van der Waals surface area contributed by atoms with Gasteiger partial charge in [-0.25, -0.2) is 9.37 Å². The van der Waals surface area contributed by atoms with Crippen molar-refractivity contribution in [2.75, 3.05) is 11.9 Å². The number of fused-ring (bicyclic) bond motifs is 1. The van der Waals surface area contributed by atoms with Crippen molar-refractivity contribution in [2.45, 2.75) is 25.8 Å². The van der Waals surface area contributed by atoms with Gasteiger partial charge in [0.15, 0.2) is 5.13 Å². The van der Waals surface area contributed by atoms with Crippen LogP contribution in [-0.2, 0) is 17.8 Å². The molecular formula is C17H16FN3O2S. The number of rotatable bonds is 3. The van der Waals surface area contributed by atoms with Gasteiger partial charge in [-0.1, -0.05) is 17.4 Å². The first kappa shape index (κ1) is 15.3. The van der Waals surface area contributed by atoms with Crippen LogP contribution in [0.3, 0.4) is 0 Å². The number of halogens is 1. The number of thiazole rings is 1. The lowest BCUT2D eigenvalue weighted by Gasteiger charge is -2.26. The van der Waals surface area contributed by atoms with Gasteiger partial charge in [0.2, 0.25) is 5.91 Å². The summed E-state index contributed by atoms with van der Waals surface area (Å²) in [6.45, 7) is 0.990. The van der Waals surface area contributed by atoms with E-state index >= 15 is 0 Å². The van der Waals surface area contributed by atoms with Crippen molar-refractivity contribution in [3.8, 4) is 0 Å². The molecule has 0 saturated heterocycles. The van der Waals surface area contributed by atoms with E-state index in [-0.39, 0.29) is 17.7 Å². The van der Waals surface area contributed by atoms with Gasteiger partial charge >= 0.3 is 0 Å². The third-order valence-electron chi connectivity index (χ3n) is 4.27. The lowest BCUT2D eigenvalue weighted by molar-refractivity contribution is -0.117. The molecule has 0 radical (unpaired) electrons. The Morgan fingerprint density at radius 3 is 2.92 bits per heavy atom. The standard InChI is InChI=1S/C17H16FN3O2S/c18-12-3-1-2-11(8-12)16(23)21-7-6-13-14(9-21)24-17(19-13)20-15(22)10-4-5-10/h1-3,8,10H,4-7,9H2,(H,19,20,22). The van der Waals surface area contributed by atoms with Crippen molar-refractivity contribution in [3.63, 3.8) is 0 Å². The zero-order chi connectivity index (χ0) is 16.7. The number of hydrogen-bond acceptors (Lipinski definition) is 4. The van der Waals surface area contributed by atoms with Crippen LogP contribution < -0.4 is 5.32 Å². The molecule has 2 aliphatic rings. The van der Waals surface area contributed by atoms with Crippen LogP contribution in [0.5, 0.6) is 0 Å². The number of aromatic nitrogens is 1. The van der Waals surface area contributed by atoms with Crippen molar-refractivity contribution >= 4 is 28.3 Å². The molecule has 5 nitrogen and oxygen atoms in total. The van der Waals surface area contributed by atoms with Crippen molar-refractivity contribution in [1.29, 1.82) is 0 Å². The second-order valence-electron chi connectivity index (χ2n) is 6.14. The van der Waals surface area contributed by atoms with Crippen LogP contribution in [-0.4, -0.2) is 28.2 Å². The molecule has 2 amide bonds. The molecule has 0 bridgehead atoms. The van der Waals surface area contributed by atoms with Gasteiger partial charge in [0.1, 0.15) is 5.82 Å². The lowest BCUT2D eigenvalue weighted by Crippen LogP contribution is -2.35. The Bertz CT molecular complexity index is 816. The number of benzene rings is 1. The summed E-state index contributed by atoms with van der Waals surface area (Å²) in [5.74, 6) is -0.427. The van der Waals surface area contributed by atoms with Crippen LogP contribution in [0.25, 0.3) is 0 Å². The molecule has 2 heterocycles. The minimum Gasteiger partial charge on any atom is -0.333 e. The molecule has 1 fully saturated rings. The number of hydrogen-bond donors (Lipinski definition) is 1. The largest absolute Gasteiger partial charge is 0.333 e. The molecule has 1 aliphatic carbocycles. The summed E-state index contributed by atoms with van der Waals surface area (Å²) in [6, 6.07) is 5.74. The molecule has 1 aromatic heterocycles. The van der Waals surface area contributed by atoms with Crippen molar-refractivity contribution in [2.24, 2.45) is 5.92 Å². The molecule has 1 aromatic carbocycles. The van der Waals surface area contributed by atoms with E-state index < -0.39 is 5.82 Å². The Balaban J connectivity index is 1.48. The van der Waals surface area contributed by atoms with E-state index in [2.05, 4.69) is 10.3 Å². The molecule has 1 saturated carbocycles. The number of carbonyl (C=O) groups excluding carboxylic acids is 2. The van der Waals surface area contributed by atoms with E-state index in [1.807, 2.05) is 0 Å². The predicted octanol–water partition coefficient (Wildman–Crippen LogP) is 2.83. The zero-order valence-corrected chi connectivity index (χ0v) is 13.7. The van der Waals surface area contributed by atoms with Gasteiger partial charge in [-0.3, -0.25) is 9.59 Å². The second-order valence-corrected chi connectivity index (χ2v) is 7.22. The molecule has 124 valence electrons. The van der Waals surface area contributed by atoms with E-state index in [9.17, 15) is 14.0 Å². The number of nitrogens with zero attached hydrogens (tertiary/aromatic N) is 2. The van der Waals surface area contributed by atoms with Gasteiger partial charge in [-0.05, 0) is 31.0 Å². The summed E-state index contributed by atoms with van der Waals surface area (Å²) in [6.07, 6.45) is 2.55. The Kier molecular flexibility index (Phi) is 3.80. The number of anilines is 1. The molecule has 0 atom stereocenters. The van der Waals surface area contributed by atoms with Crippen LogP contribution in [0.15, 0.2) is 24.3 Å². The quantitative estimate of drug-likeness (QED) is 0.930. The Hall–Kier alpha value is -2.28. The summed E-state index contributed by atoms with van der Waals surface area (Å²) < 4.78 is 13.3. The average molecular weight is 345 g/mol. The van der Waals surface area contributed by atoms with E-state index in [0.717, 1.165) is 23.4 Å². The molecular weight excluding hydrogens is 329 g/mol. The first-order chi connectivity index (χ1) is 11.6. The van der Waals surface area contributed by atoms with Gasteiger partial charge in [0.25, 0.3) is 5.91 Å². The maximum absolute atomic E-state index is 13.3. The van der Waals surface area contributed by atoms with E-state index in [1.165, 1.54) is 29.5 Å². The Morgan fingerprint density at radius 1 is 1.33 bits per heavy atom. The summed E-state index contributed by atoms with van der Waals surface area (Å²) in [5, 5.41) is 3.47. The summed E-state index contributed by atoms with van der Waals surface area (Å²) in [7, 11) is 0. The van der Waals surface area contributed by atoms with Crippen LogP contribution in [0.1, 0.15) is 33.8 Å². The molecule has 0 spiro atoms. The fourth-order valence-corrected chi connectivity index (χ4v) is 3.81. The van der Waals surface area contributed by atoms with Gasteiger partial charge in [-0.2, -0.15) is 0 Å². The minimum atomic E-state index is -0.415. The maximum Gasteiger partial charge on any atom is 0.254 e. The Morgan fingerprint density at radius 2 is 2.17 bits per heavy atom. The molecule has 0 unspecified atom stereocenters. The van der Waals surface area contributed by atoms with Gasteiger partial charge in [0.05, 0.1) is 12.2 Å². The fourth-order valence-electron chi connectivity index (χ4n) is 2.78. The SMILES string of the molecule is O=C(Nc1nc2c(s1)CN(C(=O)c1cccc(F)c1)CC2)C1CC1. The molecule has 1 aliphatic heterocycles. The zero-order valence-electron chi connectivity index (χ0n) is 12.9. The third kappa shape index (κ3) is 3.03. The monoisotopic (exact) mass is 345 g/mol. The summed E-state index contributed by atoms with van der Waals surface area (Å²) >= 11 is 1.42. The van der Waals surface area contributed by atoms with Crippen LogP contribution in [0, 0.1) is 11.7 Å². The summed E-state index contributed by atoms with van der Waals surface area (Å²) in [4.78, 5) is 31.5. The van der Waals surface area contributed by atoms with E-state index in [1.54, 1.807) is 11.0 Å². The van der Waals surface area contributed by atoms with Gasteiger partial charge in [-0.15, -0.1) is 0 Å². The van der Waals surface area contributed by atoms with Crippen molar-refractivity contribution in [3.05, 3.63) is 46.2 Å². The predicted molar refractivity (Wildman–Crippen MR) is 88.3 cm³/mol. The molecule has 7 heteroatoms. The van der Waals surface area contributed by atoms with Crippen LogP contribution in [0.4, 0.5) is 9.52 Å². The van der Waals surface area contributed by atoms with Crippen LogP contribution >= 0.6 is 11.3 Å². The van der Waals surface area contributed by atoms with Crippen LogP contribution in [0.2, 0.25) is 0 Å². The first-order valence-corrected chi connectivity index (χ1v) is 8.76.